The van der Waals surface area contributed by atoms with Crippen molar-refractivity contribution in [2.45, 2.75) is 84.3 Å². The molecule has 1 aromatic carbocycles. The first kappa shape index (κ1) is 28.2. The lowest BCUT2D eigenvalue weighted by Gasteiger charge is -2.39. The first-order chi connectivity index (χ1) is 19.8. The standard InChI is InChI=1S/C33H41N3O4S/c1-22-19-23(2)34-30(38-21-25-9-6-5-7-10-25)27(22)20-36-16-8-11-28-29(31(36)37)24(3)32(41-28)35(4)26-12-14-33(15-13-26)39-17-18-40-33/h5-7,9-10,19,26H,8,11-18,20-21H2,1-4H3. The van der Waals surface area contributed by atoms with Gasteiger partial charge in [-0.2, -0.15) is 0 Å². The summed E-state index contributed by atoms with van der Waals surface area (Å²) in [4.78, 5) is 24.5. The predicted octanol–water partition coefficient (Wildman–Crippen LogP) is 6.36. The normalized spacial score (nSPS) is 18.9. The third-order valence-electron chi connectivity index (χ3n) is 8.93. The van der Waals surface area contributed by atoms with Gasteiger partial charge in [0.2, 0.25) is 5.88 Å². The van der Waals surface area contributed by atoms with Gasteiger partial charge >= 0.3 is 0 Å². The number of hydrogen-bond acceptors (Lipinski definition) is 7. The van der Waals surface area contributed by atoms with Crippen LogP contribution in [-0.2, 0) is 29.0 Å². The van der Waals surface area contributed by atoms with E-state index >= 15 is 0 Å². The second kappa shape index (κ2) is 11.7. The third-order valence-corrected chi connectivity index (χ3v) is 10.4. The SMILES string of the molecule is Cc1cc(C)c(CN2CCCc3sc(N(C)C4CCC5(CC4)OCCO5)c(C)c3C2=O)c(OCc2ccccc2)n1. The molecule has 2 aliphatic heterocycles. The largest absolute Gasteiger partial charge is 0.473 e. The number of carbonyl (C=O) groups excluding carboxylic acids is 1. The van der Waals surface area contributed by atoms with E-state index in [9.17, 15) is 4.79 Å². The Hall–Kier alpha value is -2.94. The van der Waals surface area contributed by atoms with Crippen LogP contribution < -0.4 is 9.64 Å². The van der Waals surface area contributed by atoms with E-state index < -0.39 is 0 Å². The minimum atomic E-state index is -0.359. The van der Waals surface area contributed by atoms with E-state index in [1.54, 1.807) is 11.3 Å². The van der Waals surface area contributed by atoms with E-state index in [0.717, 1.165) is 78.6 Å². The molecule has 0 atom stereocenters. The molecule has 41 heavy (non-hydrogen) atoms. The Morgan fingerprint density at radius 3 is 2.59 bits per heavy atom. The van der Waals surface area contributed by atoms with E-state index in [-0.39, 0.29) is 11.7 Å². The Morgan fingerprint density at radius 1 is 1.12 bits per heavy atom. The van der Waals surface area contributed by atoms with Crippen LogP contribution >= 0.6 is 11.3 Å². The van der Waals surface area contributed by atoms with Gasteiger partial charge in [0.15, 0.2) is 5.79 Å². The highest BCUT2D eigenvalue weighted by atomic mass is 32.1. The highest BCUT2D eigenvalue weighted by molar-refractivity contribution is 7.16. The van der Waals surface area contributed by atoms with Gasteiger partial charge in [-0.25, -0.2) is 4.98 Å². The lowest BCUT2D eigenvalue weighted by molar-refractivity contribution is -0.178. The molecule has 218 valence electrons. The molecule has 6 rings (SSSR count). The zero-order valence-corrected chi connectivity index (χ0v) is 25.5. The average molecular weight is 576 g/mol. The molecule has 0 radical (unpaired) electrons. The Morgan fingerprint density at radius 2 is 1.85 bits per heavy atom. The molecule has 1 amide bonds. The molecule has 2 aromatic heterocycles. The number of amides is 1. The molecule has 1 saturated carbocycles. The highest BCUT2D eigenvalue weighted by Gasteiger charge is 2.42. The van der Waals surface area contributed by atoms with E-state index in [1.165, 1.54) is 9.88 Å². The minimum Gasteiger partial charge on any atom is -0.473 e. The molecule has 3 aromatic rings. The number of ether oxygens (including phenoxy) is 3. The Balaban J connectivity index is 1.21. The predicted molar refractivity (Wildman–Crippen MR) is 162 cm³/mol. The van der Waals surface area contributed by atoms with Gasteiger partial charge in [-0.15, -0.1) is 11.3 Å². The van der Waals surface area contributed by atoms with Crippen molar-refractivity contribution in [2.75, 3.05) is 31.7 Å². The number of thiophene rings is 1. The van der Waals surface area contributed by atoms with Gasteiger partial charge in [0.25, 0.3) is 5.91 Å². The summed E-state index contributed by atoms with van der Waals surface area (Å²) in [6.07, 6.45) is 5.79. The molecule has 2 fully saturated rings. The van der Waals surface area contributed by atoms with Gasteiger partial charge in [-0.1, -0.05) is 30.3 Å². The topological polar surface area (TPSA) is 64.1 Å². The van der Waals surface area contributed by atoms with Gasteiger partial charge < -0.3 is 24.0 Å². The van der Waals surface area contributed by atoms with Crippen molar-refractivity contribution >= 4 is 22.2 Å². The van der Waals surface area contributed by atoms with Gasteiger partial charge in [0.1, 0.15) is 6.61 Å². The number of aromatic nitrogens is 1. The average Bonchev–Trinajstić information content (AvgIpc) is 3.52. The molecule has 1 aliphatic carbocycles. The van der Waals surface area contributed by atoms with E-state index in [1.807, 2.05) is 30.0 Å². The van der Waals surface area contributed by atoms with Crippen LogP contribution in [0.5, 0.6) is 5.88 Å². The van der Waals surface area contributed by atoms with Crippen molar-refractivity contribution in [1.29, 1.82) is 0 Å². The maximum atomic E-state index is 14.1. The smallest absolute Gasteiger partial charge is 0.255 e. The summed E-state index contributed by atoms with van der Waals surface area (Å²) in [5.41, 5.74) is 6.11. The Kier molecular flexibility index (Phi) is 8.07. The molecule has 0 bridgehead atoms. The van der Waals surface area contributed by atoms with Gasteiger partial charge in [0.05, 0.1) is 30.3 Å². The monoisotopic (exact) mass is 575 g/mol. The number of hydrogen-bond donors (Lipinski definition) is 0. The van der Waals surface area contributed by atoms with Crippen molar-refractivity contribution in [3.63, 3.8) is 0 Å². The minimum absolute atomic E-state index is 0.121. The van der Waals surface area contributed by atoms with E-state index in [4.69, 9.17) is 19.2 Å². The Labute approximate surface area is 247 Å². The zero-order chi connectivity index (χ0) is 28.6. The second-order valence-corrected chi connectivity index (χ2v) is 12.8. The second-order valence-electron chi connectivity index (χ2n) is 11.7. The van der Waals surface area contributed by atoms with Crippen molar-refractivity contribution in [2.24, 2.45) is 0 Å². The third kappa shape index (κ3) is 5.74. The van der Waals surface area contributed by atoms with Crippen LogP contribution in [0.4, 0.5) is 5.00 Å². The number of fused-ring (bicyclic) bond motifs is 1. The van der Waals surface area contributed by atoms with Crippen molar-refractivity contribution in [1.82, 2.24) is 9.88 Å². The van der Waals surface area contributed by atoms with Gasteiger partial charge in [-0.05, 0) is 69.2 Å². The molecule has 4 heterocycles. The van der Waals surface area contributed by atoms with Crippen molar-refractivity contribution in [3.05, 3.63) is 74.8 Å². The molecule has 7 nitrogen and oxygen atoms in total. The van der Waals surface area contributed by atoms with Crippen LogP contribution in [0.25, 0.3) is 0 Å². The fourth-order valence-corrected chi connectivity index (χ4v) is 8.00. The quantitative estimate of drug-likeness (QED) is 0.327. The number of anilines is 1. The molecule has 8 heteroatoms. The number of rotatable bonds is 7. The molecular formula is C33H41N3O4S. The number of carbonyl (C=O) groups is 1. The Bertz CT molecular complexity index is 1390. The van der Waals surface area contributed by atoms with Crippen LogP contribution in [0.3, 0.4) is 0 Å². The first-order valence-corrected chi connectivity index (χ1v) is 15.7. The number of pyridine rings is 1. The number of nitrogens with zero attached hydrogens (tertiary/aromatic N) is 3. The lowest BCUT2D eigenvalue weighted by Crippen LogP contribution is -2.42. The summed E-state index contributed by atoms with van der Waals surface area (Å²) >= 11 is 1.81. The van der Waals surface area contributed by atoms with Crippen molar-refractivity contribution < 1.29 is 19.0 Å². The maximum Gasteiger partial charge on any atom is 0.255 e. The van der Waals surface area contributed by atoms with E-state index in [2.05, 4.69) is 44.0 Å². The number of aryl methyl sites for hydroxylation is 3. The van der Waals surface area contributed by atoms with Crippen molar-refractivity contribution in [3.8, 4) is 5.88 Å². The summed E-state index contributed by atoms with van der Waals surface area (Å²) < 4.78 is 18.2. The summed E-state index contributed by atoms with van der Waals surface area (Å²) in [6, 6.07) is 12.6. The van der Waals surface area contributed by atoms with Crippen LogP contribution in [0, 0.1) is 20.8 Å². The summed E-state index contributed by atoms with van der Waals surface area (Å²) in [5.74, 6) is 0.383. The zero-order valence-electron chi connectivity index (χ0n) is 24.7. The van der Waals surface area contributed by atoms with Crippen LogP contribution in [0.15, 0.2) is 36.4 Å². The summed E-state index contributed by atoms with van der Waals surface area (Å²) in [6.45, 7) is 9.27. The molecule has 0 N–H and O–H groups in total. The summed E-state index contributed by atoms with van der Waals surface area (Å²) in [7, 11) is 2.19. The van der Waals surface area contributed by atoms with Crippen LogP contribution in [-0.4, -0.2) is 54.4 Å². The van der Waals surface area contributed by atoms with Crippen LogP contribution in [0.1, 0.15) is 75.3 Å². The number of benzene rings is 1. The first-order valence-electron chi connectivity index (χ1n) is 14.9. The molecule has 0 unspecified atom stereocenters. The molecule has 3 aliphatic rings. The lowest BCUT2D eigenvalue weighted by atomic mass is 9.89. The molecular weight excluding hydrogens is 534 g/mol. The fourth-order valence-electron chi connectivity index (χ4n) is 6.63. The van der Waals surface area contributed by atoms with Crippen LogP contribution in [0.2, 0.25) is 0 Å². The van der Waals surface area contributed by atoms with Gasteiger partial charge in [-0.3, -0.25) is 4.79 Å². The molecule has 1 spiro atoms. The van der Waals surface area contributed by atoms with Gasteiger partial charge in [0, 0.05) is 48.6 Å². The summed E-state index contributed by atoms with van der Waals surface area (Å²) in [5, 5.41) is 1.22. The molecule has 1 saturated heterocycles. The fraction of sp³-hybridized carbons (Fsp3) is 0.515. The highest BCUT2D eigenvalue weighted by Crippen LogP contribution is 2.43. The maximum absolute atomic E-state index is 14.1. The van der Waals surface area contributed by atoms with E-state index in [0.29, 0.717) is 38.3 Å².